The molecule has 2 N–H and O–H groups in total. The first-order valence-electron chi connectivity index (χ1n) is 7.38. The smallest absolute Gasteiger partial charge is 0.191 e. The van der Waals surface area contributed by atoms with Crippen molar-refractivity contribution in [1.29, 1.82) is 0 Å². The van der Waals surface area contributed by atoms with Gasteiger partial charge in [0, 0.05) is 26.3 Å². The molecule has 0 aliphatic heterocycles. The molecule has 0 fully saturated rings. The van der Waals surface area contributed by atoms with Gasteiger partial charge in [0.05, 0.1) is 0 Å². The number of nitrogens with zero attached hydrogens (tertiary/aromatic N) is 2. The number of hydrogen-bond donors (Lipinski definition) is 2. The summed E-state index contributed by atoms with van der Waals surface area (Å²) in [6.07, 6.45) is 2.59. The highest BCUT2D eigenvalue weighted by molar-refractivity contribution is 14.0. The van der Waals surface area contributed by atoms with E-state index >= 15 is 0 Å². The third-order valence-corrected chi connectivity index (χ3v) is 3.62. The Morgan fingerprint density at radius 3 is 2.58 bits per heavy atom. The fourth-order valence-corrected chi connectivity index (χ4v) is 2.21. The third-order valence-electron chi connectivity index (χ3n) is 3.40. The van der Waals surface area contributed by atoms with Crippen LogP contribution < -0.4 is 10.6 Å². The van der Waals surface area contributed by atoms with Crippen molar-refractivity contribution in [1.82, 2.24) is 15.6 Å². The Balaban J connectivity index is 0.00000288. The number of aliphatic imine (C=N–C) groups is 1. The molecule has 0 spiro atoms. The van der Waals surface area contributed by atoms with E-state index in [4.69, 9.17) is 11.6 Å². The summed E-state index contributed by atoms with van der Waals surface area (Å²) in [5, 5.41) is 6.93. The molecule has 1 aromatic carbocycles. The number of nitrogens with one attached hydrogen (secondary N) is 2. The van der Waals surface area contributed by atoms with Crippen molar-refractivity contribution < 1.29 is 4.39 Å². The van der Waals surface area contributed by atoms with Crippen LogP contribution in [0.5, 0.6) is 0 Å². The van der Waals surface area contributed by atoms with Crippen molar-refractivity contribution in [2.24, 2.45) is 4.99 Å². The molecule has 0 radical (unpaired) electrons. The molecular weight excluding hydrogens is 442 g/mol. The van der Waals surface area contributed by atoms with E-state index in [-0.39, 0.29) is 29.8 Å². The van der Waals surface area contributed by atoms with Gasteiger partial charge in [-0.1, -0.05) is 29.8 Å². The molecule has 0 aliphatic rings. The average molecular weight is 463 g/mol. The third kappa shape index (κ3) is 6.60. The molecule has 2 aromatic rings. The van der Waals surface area contributed by atoms with Gasteiger partial charge >= 0.3 is 0 Å². The summed E-state index contributed by atoms with van der Waals surface area (Å²) >= 11 is 5.76. The molecule has 0 atom stereocenters. The Morgan fingerprint density at radius 1 is 1.21 bits per heavy atom. The maximum atomic E-state index is 13.2. The maximum absolute atomic E-state index is 13.2. The van der Waals surface area contributed by atoms with Crippen molar-refractivity contribution in [3.05, 3.63) is 64.2 Å². The quantitative estimate of drug-likeness (QED) is 0.308. The normalized spacial score (nSPS) is 10.9. The summed E-state index contributed by atoms with van der Waals surface area (Å²) in [7, 11) is 1.72. The van der Waals surface area contributed by atoms with E-state index in [1.165, 1.54) is 6.07 Å². The number of hydrogen-bond acceptors (Lipinski definition) is 2. The lowest BCUT2D eigenvalue weighted by Crippen LogP contribution is -2.37. The summed E-state index contributed by atoms with van der Waals surface area (Å²) in [6.45, 7) is 3.07. The average Bonchev–Trinajstić information content (AvgIpc) is 2.55. The second-order valence-corrected chi connectivity index (χ2v) is 5.56. The zero-order chi connectivity index (χ0) is 16.7. The molecule has 0 saturated heterocycles. The van der Waals surface area contributed by atoms with Crippen molar-refractivity contribution in [2.75, 3.05) is 13.6 Å². The molecule has 4 nitrogen and oxygen atoms in total. The van der Waals surface area contributed by atoms with E-state index in [1.54, 1.807) is 32.3 Å². The van der Waals surface area contributed by atoms with E-state index in [0.29, 0.717) is 23.2 Å². The van der Waals surface area contributed by atoms with E-state index in [0.717, 1.165) is 24.1 Å². The van der Waals surface area contributed by atoms with E-state index in [1.807, 2.05) is 12.1 Å². The highest BCUT2D eigenvalue weighted by Crippen LogP contribution is 2.09. The molecule has 1 heterocycles. The van der Waals surface area contributed by atoms with Gasteiger partial charge in [0.25, 0.3) is 0 Å². The first-order valence-corrected chi connectivity index (χ1v) is 7.76. The predicted molar refractivity (Wildman–Crippen MR) is 108 cm³/mol. The van der Waals surface area contributed by atoms with Gasteiger partial charge in [-0.15, -0.1) is 24.0 Å². The minimum Gasteiger partial charge on any atom is -0.356 e. The monoisotopic (exact) mass is 462 g/mol. The van der Waals surface area contributed by atoms with Gasteiger partial charge in [-0.3, -0.25) is 4.99 Å². The number of halogens is 3. The molecule has 1 aromatic heterocycles. The molecule has 0 unspecified atom stereocenters. The lowest BCUT2D eigenvalue weighted by Gasteiger charge is -2.12. The van der Waals surface area contributed by atoms with Crippen molar-refractivity contribution in [2.45, 2.75) is 19.9 Å². The first-order chi connectivity index (χ1) is 11.1. The van der Waals surface area contributed by atoms with E-state index < -0.39 is 0 Å². The lowest BCUT2D eigenvalue weighted by atomic mass is 10.1. The van der Waals surface area contributed by atoms with Crippen molar-refractivity contribution >= 4 is 41.5 Å². The van der Waals surface area contributed by atoms with Crippen molar-refractivity contribution in [3.63, 3.8) is 0 Å². The molecule has 130 valence electrons. The molecule has 0 saturated carbocycles. The molecular formula is C17H21ClFIN4. The summed E-state index contributed by atoms with van der Waals surface area (Å²) < 4.78 is 13.2. The van der Waals surface area contributed by atoms with Gasteiger partial charge < -0.3 is 10.6 Å². The topological polar surface area (TPSA) is 49.3 Å². The van der Waals surface area contributed by atoms with Crippen LogP contribution in [0, 0.1) is 12.7 Å². The number of aromatic nitrogens is 1. The standard InChI is InChI=1S/C17H20ClFN4.HI/c1-12-9-14(3-5-15(12)19)11-23-17(20-2)21-8-7-13-4-6-16(18)22-10-13;/h3-6,9-10H,7-8,11H2,1-2H3,(H2,20,21,23);1H. The van der Waals surface area contributed by atoms with Gasteiger partial charge in [-0.05, 0) is 42.2 Å². The van der Waals surface area contributed by atoms with Gasteiger partial charge in [0.1, 0.15) is 11.0 Å². The number of benzene rings is 1. The predicted octanol–water partition coefficient (Wildman–Crippen LogP) is 3.71. The molecule has 2 rings (SSSR count). The van der Waals surface area contributed by atoms with Crippen LogP contribution in [-0.4, -0.2) is 24.5 Å². The van der Waals surface area contributed by atoms with Crippen LogP contribution in [0.1, 0.15) is 16.7 Å². The molecule has 7 heteroatoms. The second kappa shape index (κ2) is 10.5. The minimum absolute atomic E-state index is 0. The van der Waals surface area contributed by atoms with Gasteiger partial charge in [-0.2, -0.15) is 0 Å². The Morgan fingerprint density at radius 2 is 1.96 bits per heavy atom. The van der Waals surface area contributed by atoms with E-state index in [2.05, 4.69) is 20.6 Å². The van der Waals surface area contributed by atoms with Gasteiger partial charge in [0.15, 0.2) is 5.96 Å². The maximum Gasteiger partial charge on any atom is 0.191 e. The number of rotatable bonds is 5. The minimum atomic E-state index is -0.187. The summed E-state index contributed by atoms with van der Waals surface area (Å²) in [5.41, 5.74) is 2.75. The Bertz CT molecular complexity index is 677. The number of aryl methyl sites for hydroxylation is 1. The van der Waals surface area contributed by atoms with Crippen LogP contribution >= 0.6 is 35.6 Å². The first kappa shape index (κ1) is 20.6. The van der Waals surface area contributed by atoms with Crippen LogP contribution in [0.4, 0.5) is 4.39 Å². The van der Waals surface area contributed by atoms with Gasteiger partial charge in [-0.25, -0.2) is 9.37 Å². The lowest BCUT2D eigenvalue weighted by molar-refractivity contribution is 0.617. The highest BCUT2D eigenvalue weighted by atomic mass is 127. The number of guanidine groups is 1. The van der Waals surface area contributed by atoms with Crippen molar-refractivity contribution in [3.8, 4) is 0 Å². The largest absolute Gasteiger partial charge is 0.356 e. The van der Waals surface area contributed by atoms with Gasteiger partial charge in [0.2, 0.25) is 0 Å². The fourth-order valence-electron chi connectivity index (χ4n) is 2.10. The SMILES string of the molecule is CN=C(NCCc1ccc(Cl)nc1)NCc1ccc(F)c(C)c1.I. The van der Waals surface area contributed by atoms with Crippen LogP contribution in [0.3, 0.4) is 0 Å². The molecule has 24 heavy (non-hydrogen) atoms. The zero-order valence-electron chi connectivity index (χ0n) is 13.6. The summed E-state index contributed by atoms with van der Waals surface area (Å²) in [4.78, 5) is 8.22. The highest BCUT2D eigenvalue weighted by Gasteiger charge is 2.02. The Hall–Kier alpha value is -1.41. The van der Waals surface area contributed by atoms with Crippen LogP contribution in [0.2, 0.25) is 5.15 Å². The second-order valence-electron chi connectivity index (χ2n) is 5.18. The molecule has 0 amide bonds. The summed E-state index contributed by atoms with van der Waals surface area (Å²) in [5.74, 6) is 0.515. The number of pyridine rings is 1. The summed E-state index contributed by atoms with van der Waals surface area (Å²) in [6, 6.07) is 8.81. The fraction of sp³-hybridized carbons (Fsp3) is 0.294. The zero-order valence-corrected chi connectivity index (χ0v) is 16.7. The van der Waals surface area contributed by atoms with Crippen LogP contribution in [0.25, 0.3) is 0 Å². The van der Waals surface area contributed by atoms with Crippen LogP contribution in [-0.2, 0) is 13.0 Å². The molecule has 0 aliphatic carbocycles. The Kier molecular flexibility index (Phi) is 8.99. The van der Waals surface area contributed by atoms with E-state index in [9.17, 15) is 4.39 Å². The Labute approximate surface area is 164 Å². The van der Waals surface area contributed by atoms with Crippen LogP contribution in [0.15, 0.2) is 41.5 Å². The molecule has 0 bridgehead atoms.